The molecule has 0 spiro atoms. The van der Waals surface area contributed by atoms with Crippen molar-refractivity contribution in [3.05, 3.63) is 58.7 Å². The highest BCUT2D eigenvalue weighted by atomic mass is 16.5. The van der Waals surface area contributed by atoms with Crippen LogP contribution in [0.25, 0.3) is 0 Å². The number of nitrogens with one attached hydrogen (secondary N) is 2. The number of benzene rings is 2. The Bertz CT molecular complexity index is 1080. The van der Waals surface area contributed by atoms with Crippen LogP contribution >= 0.6 is 0 Å². The second kappa shape index (κ2) is 10.9. The van der Waals surface area contributed by atoms with E-state index in [4.69, 9.17) is 4.74 Å². The lowest BCUT2D eigenvalue weighted by molar-refractivity contribution is 0.0378. The second-order valence-corrected chi connectivity index (χ2v) is 9.84. The molecule has 0 aromatic heterocycles. The number of carbonyl (C=O) groups excluding carboxylic acids is 2. The first-order valence-corrected chi connectivity index (χ1v) is 13.0. The molecule has 3 aliphatic rings. The van der Waals surface area contributed by atoms with Crippen LogP contribution in [0.2, 0.25) is 0 Å². The average Bonchev–Trinajstić information content (AvgIpc) is 3.30. The van der Waals surface area contributed by atoms with Gasteiger partial charge in [-0.15, -0.1) is 0 Å². The molecule has 5 rings (SSSR count). The summed E-state index contributed by atoms with van der Waals surface area (Å²) in [5, 5.41) is 6.96. The average molecular weight is 477 g/mol. The van der Waals surface area contributed by atoms with E-state index in [1.165, 1.54) is 12.8 Å². The molecular weight excluding hydrogens is 440 g/mol. The van der Waals surface area contributed by atoms with E-state index in [0.717, 1.165) is 76.7 Å². The topological polar surface area (TPSA) is 73.9 Å². The molecule has 2 aromatic carbocycles. The molecule has 1 atom stereocenters. The third kappa shape index (κ3) is 5.13. The number of morpholine rings is 1. The summed E-state index contributed by atoms with van der Waals surface area (Å²) in [6, 6.07) is 11.7. The number of ketones is 2. The van der Waals surface area contributed by atoms with Crippen LogP contribution in [0.1, 0.15) is 57.5 Å². The third-order valence-corrected chi connectivity index (χ3v) is 7.61. The van der Waals surface area contributed by atoms with Gasteiger partial charge in [-0.2, -0.15) is 0 Å². The van der Waals surface area contributed by atoms with Crippen molar-refractivity contribution >= 4 is 22.9 Å². The summed E-state index contributed by atoms with van der Waals surface area (Å²) in [7, 11) is 2.18. The fraction of sp³-hybridized carbons (Fsp3) is 0.500. The third-order valence-electron chi connectivity index (χ3n) is 7.61. The number of fused-ring (bicyclic) bond motifs is 2. The van der Waals surface area contributed by atoms with Crippen molar-refractivity contribution in [2.45, 2.75) is 31.7 Å². The summed E-state index contributed by atoms with van der Waals surface area (Å²) >= 11 is 0. The van der Waals surface area contributed by atoms with Gasteiger partial charge < -0.3 is 20.3 Å². The zero-order valence-corrected chi connectivity index (χ0v) is 20.6. The van der Waals surface area contributed by atoms with Gasteiger partial charge in [0.2, 0.25) is 0 Å². The van der Waals surface area contributed by atoms with Crippen molar-refractivity contribution in [3.8, 4) is 0 Å². The number of carbonyl (C=O) groups is 2. The second-order valence-electron chi connectivity index (χ2n) is 9.84. The van der Waals surface area contributed by atoms with Crippen LogP contribution in [0.15, 0.2) is 36.4 Å². The minimum Gasteiger partial charge on any atom is -0.384 e. The minimum atomic E-state index is -0.0787. The molecule has 2 N–H and O–H groups in total. The van der Waals surface area contributed by atoms with Gasteiger partial charge in [-0.1, -0.05) is 24.3 Å². The first kappa shape index (κ1) is 24.0. The lowest BCUT2D eigenvalue weighted by Crippen LogP contribution is -2.37. The summed E-state index contributed by atoms with van der Waals surface area (Å²) in [5.41, 5.74) is 3.50. The molecule has 35 heavy (non-hydrogen) atoms. The van der Waals surface area contributed by atoms with Crippen LogP contribution in [0.4, 0.5) is 11.4 Å². The van der Waals surface area contributed by atoms with Gasteiger partial charge in [0.1, 0.15) is 0 Å². The number of ether oxygens (including phenoxy) is 1. The Kier molecular flexibility index (Phi) is 7.46. The van der Waals surface area contributed by atoms with E-state index in [2.05, 4.69) is 27.5 Å². The van der Waals surface area contributed by atoms with Gasteiger partial charge in [0.25, 0.3) is 0 Å². The van der Waals surface area contributed by atoms with E-state index >= 15 is 0 Å². The first-order chi connectivity index (χ1) is 17.1. The zero-order chi connectivity index (χ0) is 24.2. The van der Waals surface area contributed by atoms with E-state index < -0.39 is 0 Å². The number of hydrogen-bond donors (Lipinski definition) is 2. The van der Waals surface area contributed by atoms with E-state index in [1.807, 2.05) is 24.3 Å². The number of rotatable bonds is 9. The van der Waals surface area contributed by atoms with Crippen LogP contribution in [-0.4, -0.2) is 86.9 Å². The summed E-state index contributed by atoms with van der Waals surface area (Å²) in [6.45, 7) is 7.18. The van der Waals surface area contributed by atoms with Gasteiger partial charge in [0, 0.05) is 54.7 Å². The highest BCUT2D eigenvalue weighted by Crippen LogP contribution is 2.36. The monoisotopic (exact) mass is 476 g/mol. The van der Waals surface area contributed by atoms with E-state index in [1.54, 1.807) is 12.1 Å². The largest absolute Gasteiger partial charge is 0.384 e. The molecular formula is C28H36N4O3. The van der Waals surface area contributed by atoms with Crippen LogP contribution < -0.4 is 10.6 Å². The highest BCUT2D eigenvalue weighted by Gasteiger charge is 2.34. The van der Waals surface area contributed by atoms with Gasteiger partial charge in [0.05, 0.1) is 24.3 Å². The SMILES string of the molecule is CN1CCCC1CCNc1ccc(NCCCN2CCOCC2)c2c1C(=O)c1ccccc1C2=O. The zero-order valence-electron chi connectivity index (χ0n) is 20.6. The summed E-state index contributed by atoms with van der Waals surface area (Å²) in [5.74, 6) is -0.155. The Hall–Kier alpha value is -2.74. The van der Waals surface area contributed by atoms with Gasteiger partial charge in [-0.3, -0.25) is 14.5 Å². The Morgan fingerprint density at radius 2 is 1.51 bits per heavy atom. The fourth-order valence-corrected chi connectivity index (χ4v) is 5.59. The molecule has 2 aliphatic heterocycles. The molecule has 2 aromatic rings. The maximum Gasteiger partial charge on any atom is 0.196 e. The Morgan fingerprint density at radius 3 is 2.11 bits per heavy atom. The maximum absolute atomic E-state index is 13.6. The molecule has 0 saturated carbocycles. The maximum atomic E-state index is 13.6. The predicted octanol–water partition coefficient (Wildman–Crippen LogP) is 3.49. The summed E-state index contributed by atoms with van der Waals surface area (Å²) in [4.78, 5) is 32.0. The lowest BCUT2D eigenvalue weighted by atomic mass is 9.82. The minimum absolute atomic E-state index is 0.0762. The molecule has 0 radical (unpaired) electrons. The quantitative estimate of drug-likeness (QED) is 0.458. The Labute approximate surface area is 207 Å². The summed E-state index contributed by atoms with van der Waals surface area (Å²) < 4.78 is 5.43. The molecule has 186 valence electrons. The van der Waals surface area contributed by atoms with E-state index in [0.29, 0.717) is 28.3 Å². The molecule has 7 heteroatoms. The number of likely N-dealkylation sites (tertiary alicyclic amines) is 1. The number of hydrogen-bond acceptors (Lipinski definition) is 7. The first-order valence-electron chi connectivity index (χ1n) is 13.0. The van der Waals surface area contributed by atoms with Crippen LogP contribution in [0.5, 0.6) is 0 Å². The molecule has 2 saturated heterocycles. The van der Waals surface area contributed by atoms with Gasteiger partial charge in [0.15, 0.2) is 11.6 Å². The van der Waals surface area contributed by atoms with Gasteiger partial charge >= 0.3 is 0 Å². The molecule has 2 fully saturated rings. The Morgan fingerprint density at radius 1 is 0.886 bits per heavy atom. The normalized spacial score (nSPS) is 20.5. The van der Waals surface area contributed by atoms with E-state index in [-0.39, 0.29) is 11.6 Å². The standard InChI is InChI=1S/C28H36N4O3/c1-31-14-4-6-20(31)11-13-30-24-10-9-23(29-12-5-15-32-16-18-35-19-17-32)25-26(24)28(34)22-8-3-2-7-21(22)27(25)33/h2-3,7-10,20,29-30H,4-6,11-19H2,1H3. The smallest absolute Gasteiger partial charge is 0.196 e. The molecule has 2 heterocycles. The highest BCUT2D eigenvalue weighted by molar-refractivity contribution is 6.31. The van der Waals surface area contributed by atoms with Crippen LogP contribution in [0.3, 0.4) is 0 Å². The lowest BCUT2D eigenvalue weighted by Gasteiger charge is -2.27. The van der Waals surface area contributed by atoms with Gasteiger partial charge in [-0.05, 0) is 58.0 Å². The fourth-order valence-electron chi connectivity index (χ4n) is 5.59. The van der Waals surface area contributed by atoms with Crippen LogP contribution in [-0.2, 0) is 4.74 Å². The number of nitrogens with zero attached hydrogens (tertiary/aromatic N) is 2. The van der Waals surface area contributed by atoms with Gasteiger partial charge in [-0.25, -0.2) is 0 Å². The molecule has 0 amide bonds. The molecule has 7 nitrogen and oxygen atoms in total. The van der Waals surface area contributed by atoms with Crippen molar-refractivity contribution in [2.24, 2.45) is 0 Å². The molecule has 0 bridgehead atoms. The number of anilines is 2. The van der Waals surface area contributed by atoms with Crippen molar-refractivity contribution < 1.29 is 14.3 Å². The van der Waals surface area contributed by atoms with Crippen molar-refractivity contribution in [1.82, 2.24) is 9.80 Å². The molecule has 1 unspecified atom stereocenters. The molecule has 1 aliphatic carbocycles. The van der Waals surface area contributed by atoms with Crippen molar-refractivity contribution in [1.29, 1.82) is 0 Å². The Balaban J connectivity index is 1.34. The van der Waals surface area contributed by atoms with E-state index in [9.17, 15) is 9.59 Å². The van der Waals surface area contributed by atoms with Crippen LogP contribution in [0, 0.1) is 0 Å². The summed E-state index contributed by atoms with van der Waals surface area (Å²) in [6.07, 6.45) is 4.44. The predicted molar refractivity (Wildman–Crippen MR) is 139 cm³/mol. The van der Waals surface area contributed by atoms with Crippen molar-refractivity contribution in [2.75, 3.05) is 70.2 Å². The van der Waals surface area contributed by atoms with Crippen molar-refractivity contribution in [3.63, 3.8) is 0 Å².